The quantitative estimate of drug-likeness (QED) is 0.490. The van der Waals surface area contributed by atoms with E-state index in [1.807, 2.05) is 0 Å². The summed E-state index contributed by atoms with van der Waals surface area (Å²) < 4.78 is 10.2. The van der Waals surface area contributed by atoms with Crippen LogP contribution in [0.15, 0.2) is 52.1 Å². The highest BCUT2D eigenvalue weighted by Crippen LogP contribution is 2.25. The molecule has 1 amide bonds. The molecule has 138 valence electrons. The van der Waals surface area contributed by atoms with Crippen molar-refractivity contribution in [3.63, 3.8) is 0 Å². The number of amides is 1. The maximum absolute atomic E-state index is 12.2. The van der Waals surface area contributed by atoms with E-state index in [2.05, 4.69) is 15.0 Å². The minimum Gasteiger partial charge on any atom is -0.478 e. The van der Waals surface area contributed by atoms with Gasteiger partial charge < -0.3 is 19.6 Å². The fourth-order valence-electron chi connectivity index (χ4n) is 2.29. The molecular weight excluding hydrogens is 372 g/mol. The number of carbonyl (C=O) groups excluding carboxylic acids is 2. The largest absolute Gasteiger partial charge is 0.478 e. The number of methoxy groups -OCH3 is 1. The van der Waals surface area contributed by atoms with Crippen LogP contribution in [0.5, 0.6) is 0 Å². The molecule has 0 unspecified atom stereocenters. The van der Waals surface area contributed by atoms with E-state index >= 15 is 0 Å². The summed E-state index contributed by atoms with van der Waals surface area (Å²) in [6.45, 7) is 0. The van der Waals surface area contributed by atoms with Gasteiger partial charge in [0.1, 0.15) is 5.52 Å². The van der Waals surface area contributed by atoms with Gasteiger partial charge in [0.2, 0.25) is 5.91 Å². The van der Waals surface area contributed by atoms with Crippen molar-refractivity contribution in [1.29, 1.82) is 0 Å². The number of rotatable bonds is 6. The van der Waals surface area contributed by atoms with Crippen LogP contribution in [0.4, 0.5) is 5.69 Å². The molecule has 0 aliphatic carbocycles. The zero-order chi connectivity index (χ0) is 19.4. The number of esters is 1. The molecule has 3 aromatic rings. The van der Waals surface area contributed by atoms with Crippen molar-refractivity contribution in [2.75, 3.05) is 18.2 Å². The van der Waals surface area contributed by atoms with Crippen molar-refractivity contribution in [3.05, 3.63) is 53.6 Å². The van der Waals surface area contributed by atoms with Crippen molar-refractivity contribution in [2.45, 2.75) is 5.22 Å². The Bertz CT molecular complexity index is 1030. The van der Waals surface area contributed by atoms with Crippen LogP contribution in [0, 0.1) is 0 Å². The topological polar surface area (TPSA) is 119 Å². The molecule has 1 heterocycles. The predicted octanol–water partition coefficient (Wildman–Crippen LogP) is 3.04. The third kappa shape index (κ3) is 4.26. The van der Waals surface area contributed by atoms with E-state index in [-0.39, 0.29) is 28.0 Å². The number of aromatic nitrogens is 1. The Labute approximate surface area is 157 Å². The number of hydrogen-bond acceptors (Lipinski definition) is 7. The van der Waals surface area contributed by atoms with E-state index in [9.17, 15) is 14.4 Å². The first-order valence-electron chi connectivity index (χ1n) is 7.72. The summed E-state index contributed by atoms with van der Waals surface area (Å²) in [7, 11) is 1.26. The van der Waals surface area contributed by atoms with E-state index in [4.69, 9.17) is 9.52 Å². The summed E-state index contributed by atoms with van der Waals surface area (Å²) >= 11 is 1.05. The molecule has 8 nitrogen and oxygen atoms in total. The summed E-state index contributed by atoms with van der Waals surface area (Å²) in [5, 5.41) is 11.9. The maximum atomic E-state index is 12.2. The second-order valence-corrected chi connectivity index (χ2v) is 6.27. The fourth-order valence-corrected chi connectivity index (χ4v) is 2.93. The number of nitrogens with zero attached hydrogens (tertiary/aromatic N) is 1. The Hall–Kier alpha value is -3.33. The molecule has 0 bridgehead atoms. The lowest BCUT2D eigenvalue weighted by Gasteiger charge is -2.08. The molecule has 0 saturated heterocycles. The number of thioether (sulfide) groups is 1. The van der Waals surface area contributed by atoms with E-state index in [1.54, 1.807) is 24.3 Å². The van der Waals surface area contributed by atoms with Crippen LogP contribution >= 0.6 is 11.8 Å². The van der Waals surface area contributed by atoms with Crippen LogP contribution in [0.1, 0.15) is 20.7 Å². The van der Waals surface area contributed by atoms with Crippen molar-refractivity contribution in [3.8, 4) is 0 Å². The standard InChI is InChI=1S/C18H14N2O6S/c1-25-17(24)11-4-2-3-5-12(11)19-15(21)9-27-18-20-13-8-10(16(22)23)6-7-14(13)26-18/h2-8H,9H2,1H3,(H,19,21)(H,22,23). The fraction of sp³-hybridized carbons (Fsp3) is 0.111. The molecule has 1 aromatic heterocycles. The van der Waals surface area contributed by atoms with E-state index < -0.39 is 11.9 Å². The average Bonchev–Trinajstić information content (AvgIpc) is 3.08. The van der Waals surface area contributed by atoms with Gasteiger partial charge in [0.25, 0.3) is 5.22 Å². The summed E-state index contributed by atoms with van der Waals surface area (Å²) in [4.78, 5) is 39.1. The number of para-hydroxylation sites is 1. The highest BCUT2D eigenvalue weighted by Gasteiger charge is 2.15. The highest BCUT2D eigenvalue weighted by atomic mass is 32.2. The molecule has 0 aliphatic heterocycles. The van der Waals surface area contributed by atoms with Gasteiger partial charge in [-0.2, -0.15) is 0 Å². The van der Waals surface area contributed by atoms with Crippen molar-refractivity contribution < 1.29 is 28.6 Å². The second-order valence-electron chi connectivity index (χ2n) is 5.34. The van der Waals surface area contributed by atoms with E-state index in [0.717, 1.165) is 11.8 Å². The number of oxazole rings is 1. The summed E-state index contributed by atoms with van der Waals surface area (Å²) in [6.07, 6.45) is 0. The predicted molar refractivity (Wildman–Crippen MR) is 98.1 cm³/mol. The van der Waals surface area contributed by atoms with Gasteiger partial charge >= 0.3 is 11.9 Å². The van der Waals surface area contributed by atoms with Crippen LogP contribution in [0.2, 0.25) is 0 Å². The maximum Gasteiger partial charge on any atom is 0.339 e. The minimum atomic E-state index is -1.06. The smallest absolute Gasteiger partial charge is 0.339 e. The number of carboxylic acids is 1. The van der Waals surface area contributed by atoms with Gasteiger partial charge in [0, 0.05) is 0 Å². The lowest BCUT2D eigenvalue weighted by atomic mass is 10.2. The molecule has 3 rings (SSSR count). The SMILES string of the molecule is COC(=O)c1ccccc1NC(=O)CSc1nc2cc(C(=O)O)ccc2o1. The van der Waals surface area contributed by atoms with Gasteiger partial charge in [-0.1, -0.05) is 23.9 Å². The van der Waals surface area contributed by atoms with Gasteiger partial charge in [0.05, 0.1) is 29.7 Å². The van der Waals surface area contributed by atoms with E-state index in [0.29, 0.717) is 16.8 Å². The molecule has 2 N–H and O–H groups in total. The monoisotopic (exact) mass is 386 g/mol. The Morgan fingerprint density at radius 2 is 2.00 bits per heavy atom. The number of hydrogen-bond donors (Lipinski definition) is 2. The average molecular weight is 386 g/mol. The number of aromatic carboxylic acids is 1. The number of carboxylic acid groups (broad SMARTS) is 1. The Kier molecular flexibility index (Phi) is 5.41. The first kappa shape index (κ1) is 18.5. The summed E-state index contributed by atoms with van der Waals surface area (Å²) in [5.74, 6) is -1.97. The van der Waals surface area contributed by atoms with Gasteiger partial charge in [-0.05, 0) is 30.3 Å². The number of ether oxygens (including phenoxy) is 1. The van der Waals surface area contributed by atoms with Gasteiger partial charge in [-0.15, -0.1) is 0 Å². The van der Waals surface area contributed by atoms with Gasteiger partial charge in [-0.25, -0.2) is 14.6 Å². The van der Waals surface area contributed by atoms with E-state index in [1.165, 1.54) is 25.3 Å². The molecule has 0 spiro atoms. The van der Waals surface area contributed by atoms with Crippen LogP contribution in [0.25, 0.3) is 11.1 Å². The molecule has 9 heteroatoms. The normalized spacial score (nSPS) is 10.6. The zero-order valence-electron chi connectivity index (χ0n) is 14.1. The molecule has 0 radical (unpaired) electrons. The van der Waals surface area contributed by atoms with Crippen LogP contribution in [0.3, 0.4) is 0 Å². The number of anilines is 1. The lowest BCUT2D eigenvalue weighted by molar-refractivity contribution is -0.113. The molecule has 2 aromatic carbocycles. The third-order valence-electron chi connectivity index (χ3n) is 3.55. The Morgan fingerprint density at radius 3 is 2.74 bits per heavy atom. The first-order chi connectivity index (χ1) is 13.0. The highest BCUT2D eigenvalue weighted by molar-refractivity contribution is 7.99. The van der Waals surface area contributed by atoms with Crippen molar-refractivity contribution >= 4 is 46.4 Å². The Balaban J connectivity index is 1.67. The molecule has 0 aliphatic rings. The van der Waals surface area contributed by atoms with Gasteiger partial charge in [0.15, 0.2) is 5.58 Å². The molecule has 27 heavy (non-hydrogen) atoms. The van der Waals surface area contributed by atoms with Crippen LogP contribution in [-0.4, -0.2) is 40.8 Å². The second kappa shape index (κ2) is 7.92. The number of nitrogens with one attached hydrogen (secondary N) is 1. The van der Waals surface area contributed by atoms with Crippen molar-refractivity contribution in [1.82, 2.24) is 4.98 Å². The van der Waals surface area contributed by atoms with Crippen LogP contribution < -0.4 is 5.32 Å². The molecule has 0 atom stereocenters. The minimum absolute atomic E-state index is 0.00584. The number of fused-ring (bicyclic) bond motifs is 1. The molecule has 0 fully saturated rings. The molecular formula is C18H14N2O6S. The number of carbonyl (C=O) groups is 3. The summed E-state index contributed by atoms with van der Waals surface area (Å²) in [5.41, 5.74) is 1.53. The lowest BCUT2D eigenvalue weighted by Crippen LogP contribution is -2.17. The first-order valence-corrected chi connectivity index (χ1v) is 8.70. The van der Waals surface area contributed by atoms with Gasteiger partial charge in [-0.3, -0.25) is 4.79 Å². The third-order valence-corrected chi connectivity index (χ3v) is 4.38. The van der Waals surface area contributed by atoms with Crippen molar-refractivity contribution in [2.24, 2.45) is 0 Å². The Morgan fingerprint density at radius 1 is 1.22 bits per heavy atom. The molecule has 0 saturated carbocycles. The summed E-state index contributed by atoms with van der Waals surface area (Å²) in [6, 6.07) is 10.8. The zero-order valence-corrected chi connectivity index (χ0v) is 14.9. The number of benzene rings is 2. The van der Waals surface area contributed by atoms with Crippen LogP contribution in [-0.2, 0) is 9.53 Å².